The molecule has 1 amide bonds. The van der Waals surface area contributed by atoms with Crippen LogP contribution in [0.15, 0.2) is 24.3 Å². The number of hydrogen-bond acceptors (Lipinski definition) is 5. The van der Waals surface area contributed by atoms with E-state index >= 15 is 0 Å². The number of amides is 1. The molecule has 6 nitrogen and oxygen atoms in total. The normalized spacial score (nSPS) is 21.1. The summed E-state index contributed by atoms with van der Waals surface area (Å²) in [5.74, 6) is 5.25. The highest BCUT2D eigenvalue weighted by Gasteiger charge is 2.30. The fourth-order valence-corrected chi connectivity index (χ4v) is 4.19. The monoisotopic (exact) mass is 297 g/mol. The van der Waals surface area contributed by atoms with Crippen LogP contribution in [-0.2, 0) is 16.4 Å². The summed E-state index contributed by atoms with van der Waals surface area (Å²) >= 11 is 0. The molecule has 1 aromatic rings. The molecule has 1 saturated heterocycles. The van der Waals surface area contributed by atoms with Gasteiger partial charge in [0.05, 0.1) is 11.5 Å². The number of hydrogen-bond donors (Lipinski definition) is 2. The molecule has 110 valence electrons. The zero-order valence-corrected chi connectivity index (χ0v) is 12.2. The van der Waals surface area contributed by atoms with Crippen molar-refractivity contribution in [2.24, 2.45) is 5.84 Å². The van der Waals surface area contributed by atoms with Gasteiger partial charge in [-0.05, 0) is 31.2 Å². The summed E-state index contributed by atoms with van der Waals surface area (Å²) in [7, 11) is -0.940. The summed E-state index contributed by atoms with van der Waals surface area (Å²) in [6.07, 6.45) is 0.687. The first-order chi connectivity index (χ1) is 9.41. The van der Waals surface area contributed by atoms with Crippen molar-refractivity contribution in [1.82, 2.24) is 10.3 Å². The van der Waals surface area contributed by atoms with E-state index < -0.39 is 9.84 Å². The van der Waals surface area contributed by atoms with Crippen molar-refractivity contribution in [2.45, 2.75) is 19.0 Å². The lowest BCUT2D eigenvalue weighted by Gasteiger charge is -2.23. The Morgan fingerprint density at radius 1 is 1.40 bits per heavy atom. The average molecular weight is 297 g/mol. The lowest BCUT2D eigenvalue weighted by molar-refractivity contribution is 0.0953. The molecule has 7 heteroatoms. The van der Waals surface area contributed by atoms with Crippen LogP contribution < -0.4 is 11.3 Å². The van der Waals surface area contributed by atoms with E-state index in [-0.39, 0.29) is 23.5 Å². The van der Waals surface area contributed by atoms with Gasteiger partial charge < -0.3 is 0 Å². The van der Waals surface area contributed by atoms with Gasteiger partial charge >= 0.3 is 0 Å². The number of nitrogen functional groups attached to an aromatic ring is 1. The summed E-state index contributed by atoms with van der Waals surface area (Å²) in [6.45, 7) is 0.657. The number of nitrogens with one attached hydrogen (secondary N) is 1. The molecule has 0 spiro atoms. The number of nitrogens with zero attached hydrogens (tertiary/aromatic N) is 1. The molecular formula is C13H19N3O3S. The Hall–Kier alpha value is -1.44. The fraction of sp³-hybridized carbons (Fsp3) is 0.462. The van der Waals surface area contributed by atoms with Crippen LogP contribution in [0.3, 0.4) is 0 Å². The first kappa shape index (κ1) is 15.0. The van der Waals surface area contributed by atoms with Crippen LogP contribution in [0.4, 0.5) is 0 Å². The minimum absolute atomic E-state index is 0.0759. The molecule has 0 radical (unpaired) electrons. The number of benzene rings is 1. The largest absolute Gasteiger partial charge is 0.298 e. The van der Waals surface area contributed by atoms with E-state index in [0.29, 0.717) is 18.5 Å². The Balaban J connectivity index is 1.98. The van der Waals surface area contributed by atoms with E-state index in [1.54, 1.807) is 12.1 Å². The molecule has 1 fully saturated rings. The maximum Gasteiger partial charge on any atom is 0.265 e. The van der Waals surface area contributed by atoms with Crippen molar-refractivity contribution in [3.8, 4) is 0 Å². The van der Waals surface area contributed by atoms with Crippen LogP contribution in [0, 0.1) is 0 Å². The Morgan fingerprint density at radius 3 is 2.55 bits per heavy atom. The van der Waals surface area contributed by atoms with Gasteiger partial charge in [0.25, 0.3) is 5.91 Å². The third kappa shape index (κ3) is 3.56. The second kappa shape index (κ2) is 5.90. The maximum atomic E-state index is 11.5. The third-order valence-electron chi connectivity index (χ3n) is 3.61. The summed E-state index contributed by atoms with van der Waals surface area (Å²) in [6, 6.07) is 7.19. The summed E-state index contributed by atoms with van der Waals surface area (Å²) in [5.41, 5.74) is 3.61. The summed E-state index contributed by atoms with van der Waals surface area (Å²) in [5, 5.41) is 0. The minimum Gasteiger partial charge on any atom is -0.298 e. The summed E-state index contributed by atoms with van der Waals surface area (Å²) < 4.78 is 22.9. The van der Waals surface area contributed by atoms with Crippen LogP contribution in [0.5, 0.6) is 0 Å². The van der Waals surface area contributed by atoms with E-state index in [1.807, 2.05) is 24.1 Å². The number of hydrazine groups is 1. The van der Waals surface area contributed by atoms with Crippen molar-refractivity contribution >= 4 is 15.7 Å². The maximum absolute atomic E-state index is 11.5. The predicted octanol–water partition coefficient (Wildman–Crippen LogP) is -0.0910. The van der Waals surface area contributed by atoms with Gasteiger partial charge in [0.1, 0.15) is 0 Å². The molecule has 3 N–H and O–H groups in total. The van der Waals surface area contributed by atoms with Gasteiger partial charge in [-0.3, -0.25) is 15.1 Å². The smallest absolute Gasteiger partial charge is 0.265 e. The predicted molar refractivity (Wildman–Crippen MR) is 76.6 cm³/mol. The molecule has 1 heterocycles. The number of nitrogens with two attached hydrogens (primary N) is 1. The lowest BCUT2D eigenvalue weighted by Crippen LogP contribution is -2.32. The van der Waals surface area contributed by atoms with Crippen molar-refractivity contribution in [3.63, 3.8) is 0 Å². The molecule has 1 aromatic carbocycles. The molecule has 0 aromatic heterocycles. The van der Waals surface area contributed by atoms with Crippen molar-refractivity contribution in [2.75, 3.05) is 18.6 Å². The van der Waals surface area contributed by atoms with Crippen molar-refractivity contribution in [3.05, 3.63) is 35.4 Å². The second-order valence-electron chi connectivity index (χ2n) is 5.14. The first-order valence-electron chi connectivity index (χ1n) is 6.42. The SMILES string of the molecule is CN(Cc1ccc(C(=O)NN)cc1)C1CCS(=O)(=O)C1. The van der Waals surface area contributed by atoms with E-state index in [2.05, 4.69) is 5.43 Å². The average Bonchev–Trinajstić information content (AvgIpc) is 2.79. The molecule has 20 heavy (non-hydrogen) atoms. The Bertz CT molecular complexity index is 583. The molecule has 1 atom stereocenters. The standard InChI is InChI=1S/C13H19N3O3S/c1-16(12-6-7-20(18,19)9-12)8-10-2-4-11(5-3-10)13(17)15-14/h2-5,12H,6-9,14H2,1H3,(H,15,17). The van der Waals surface area contributed by atoms with Gasteiger partial charge in [0, 0.05) is 18.2 Å². The first-order valence-corrected chi connectivity index (χ1v) is 8.24. The molecule has 0 aliphatic carbocycles. The second-order valence-corrected chi connectivity index (χ2v) is 7.37. The van der Waals surface area contributed by atoms with Crippen molar-refractivity contribution in [1.29, 1.82) is 0 Å². The number of carbonyl (C=O) groups excluding carboxylic acids is 1. The highest BCUT2D eigenvalue weighted by molar-refractivity contribution is 7.91. The van der Waals surface area contributed by atoms with Crippen LogP contribution >= 0.6 is 0 Å². The number of carbonyl (C=O) groups is 1. The Kier molecular flexibility index (Phi) is 4.42. The molecule has 1 aliphatic heterocycles. The fourth-order valence-electron chi connectivity index (χ4n) is 2.38. The Morgan fingerprint density at radius 2 is 2.05 bits per heavy atom. The van der Waals surface area contributed by atoms with Crippen LogP contribution in [0.1, 0.15) is 22.3 Å². The van der Waals surface area contributed by atoms with Crippen LogP contribution in [0.25, 0.3) is 0 Å². The molecule has 1 unspecified atom stereocenters. The van der Waals surface area contributed by atoms with Gasteiger partial charge in [-0.15, -0.1) is 0 Å². The van der Waals surface area contributed by atoms with Gasteiger partial charge in [-0.2, -0.15) is 0 Å². The van der Waals surface area contributed by atoms with Gasteiger partial charge in [-0.1, -0.05) is 12.1 Å². The highest BCUT2D eigenvalue weighted by atomic mass is 32.2. The lowest BCUT2D eigenvalue weighted by atomic mass is 10.1. The minimum atomic E-state index is -2.86. The van der Waals surface area contributed by atoms with E-state index in [1.165, 1.54) is 0 Å². The van der Waals surface area contributed by atoms with Gasteiger partial charge in [-0.25, -0.2) is 14.3 Å². The van der Waals surface area contributed by atoms with E-state index in [9.17, 15) is 13.2 Å². The molecule has 2 rings (SSSR count). The van der Waals surface area contributed by atoms with Crippen LogP contribution in [0.2, 0.25) is 0 Å². The summed E-state index contributed by atoms with van der Waals surface area (Å²) in [4.78, 5) is 13.4. The van der Waals surface area contributed by atoms with Gasteiger partial charge in [0.2, 0.25) is 0 Å². The number of rotatable bonds is 4. The van der Waals surface area contributed by atoms with E-state index in [0.717, 1.165) is 5.56 Å². The third-order valence-corrected chi connectivity index (χ3v) is 5.36. The molecule has 0 bridgehead atoms. The zero-order chi connectivity index (χ0) is 14.8. The molecule has 1 aliphatic rings. The highest BCUT2D eigenvalue weighted by Crippen LogP contribution is 2.18. The zero-order valence-electron chi connectivity index (χ0n) is 11.4. The quantitative estimate of drug-likeness (QED) is 0.460. The molecular weight excluding hydrogens is 278 g/mol. The van der Waals surface area contributed by atoms with Crippen molar-refractivity contribution < 1.29 is 13.2 Å². The Labute approximate surface area is 118 Å². The number of sulfone groups is 1. The van der Waals surface area contributed by atoms with Crippen LogP contribution in [-0.4, -0.2) is 43.8 Å². The molecule has 0 saturated carbocycles. The topological polar surface area (TPSA) is 92.5 Å². The van der Waals surface area contributed by atoms with Gasteiger partial charge in [0.15, 0.2) is 9.84 Å². The van der Waals surface area contributed by atoms with E-state index in [4.69, 9.17) is 5.84 Å².